The van der Waals surface area contributed by atoms with Crippen molar-refractivity contribution in [3.63, 3.8) is 0 Å². The van der Waals surface area contributed by atoms with Gasteiger partial charge in [-0.2, -0.15) is 0 Å². The number of hydrogen-bond acceptors (Lipinski definition) is 2. The molecular formula is C36H60O2. The van der Waals surface area contributed by atoms with Gasteiger partial charge >= 0.3 is 0 Å². The number of aromatic hydroxyl groups is 2. The third-order valence-electron chi connectivity index (χ3n) is 7.43. The molecular weight excluding hydrogens is 464 g/mol. The van der Waals surface area contributed by atoms with Crippen molar-refractivity contribution in [2.75, 3.05) is 0 Å². The largest absolute Gasteiger partial charge is 0.507 e. The van der Waals surface area contributed by atoms with E-state index in [1.165, 1.54) is 109 Å². The first-order chi connectivity index (χ1) is 18.7. The summed E-state index contributed by atoms with van der Waals surface area (Å²) in [4.78, 5) is 0. The van der Waals surface area contributed by atoms with Gasteiger partial charge in [-0.05, 0) is 50.2 Å². The zero-order valence-corrected chi connectivity index (χ0v) is 25.3. The fraction of sp³-hybridized carbons (Fsp3) is 0.667. The molecule has 0 unspecified atom stereocenters. The molecule has 0 fully saturated rings. The van der Waals surface area contributed by atoms with E-state index in [2.05, 4.69) is 51.2 Å². The first kappa shape index (κ1) is 34.1. The van der Waals surface area contributed by atoms with Gasteiger partial charge in [0.1, 0.15) is 11.5 Å². The Morgan fingerprint density at radius 3 is 1.29 bits per heavy atom. The van der Waals surface area contributed by atoms with Crippen LogP contribution in [0.15, 0.2) is 24.3 Å². The van der Waals surface area contributed by atoms with Gasteiger partial charge in [0.2, 0.25) is 0 Å². The van der Waals surface area contributed by atoms with Gasteiger partial charge in [-0.15, -0.1) is 0 Å². The number of rotatable bonds is 24. The van der Waals surface area contributed by atoms with E-state index < -0.39 is 0 Å². The van der Waals surface area contributed by atoms with Crippen molar-refractivity contribution in [2.24, 2.45) is 0 Å². The third kappa shape index (κ3) is 16.1. The van der Waals surface area contributed by atoms with E-state index in [0.717, 1.165) is 36.8 Å². The van der Waals surface area contributed by atoms with Crippen LogP contribution in [0.2, 0.25) is 0 Å². The van der Waals surface area contributed by atoms with Gasteiger partial charge in [0, 0.05) is 5.56 Å². The minimum Gasteiger partial charge on any atom is -0.507 e. The molecule has 1 aromatic carbocycles. The fourth-order valence-electron chi connectivity index (χ4n) is 4.92. The summed E-state index contributed by atoms with van der Waals surface area (Å²) in [5.41, 5.74) is 2.27. The highest BCUT2D eigenvalue weighted by Gasteiger charge is 2.13. The molecule has 1 rings (SSSR count). The van der Waals surface area contributed by atoms with E-state index in [1.807, 2.05) is 12.1 Å². The van der Waals surface area contributed by atoms with Crippen molar-refractivity contribution in [2.45, 2.75) is 156 Å². The molecule has 0 radical (unpaired) electrons. The summed E-state index contributed by atoms with van der Waals surface area (Å²) in [6.07, 6.45) is 38.7. The average Bonchev–Trinajstić information content (AvgIpc) is 2.91. The van der Waals surface area contributed by atoms with Gasteiger partial charge < -0.3 is 10.2 Å². The van der Waals surface area contributed by atoms with Crippen LogP contribution in [0.4, 0.5) is 0 Å². The van der Waals surface area contributed by atoms with Crippen molar-refractivity contribution in [3.8, 4) is 11.5 Å². The van der Waals surface area contributed by atoms with E-state index in [1.54, 1.807) is 0 Å². The summed E-state index contributed by atoms with van der Waals surface area (Å²) in [5.74, 6) is 0.358. The molecule has 216 valence electrons. The normalized spacial score (nSPS) is 12.1. The molecule has 0 aliphatic rings. The summed E-state index contributed by atoms with van der Waals surface area (Å²) in [5, 5.41) is 21.9. The summed E-state index contributed by atoms with van der Waals surface area (Å²) >= 11 is 0. The molecule has 0 aliphatic carbocycles. The lowest BCUT2D eigenvalue weighted by Crippen LogP contribution is -1.88. The second-order valence-electron chi connectivity index (χ2n) is 11.0. The molecule has 2 heteroatoms. The van der Waals surface area contributed by atoms with E-state index in [0.29, 0.717) is 5.56 Å². The molecule has 0 atom stereocenters. The molecule has 0 bridgehead atoms. The number of phenolic OH excluding ortho intramolecular Hbond substituents is 2. The lowest BCUT2D eigenvalue weighted by molar-refractivity contribution is 0.447. The number of unbranched alkanes of at least 4 members (excludes halogenated alkanes) is 18. The quantitative estimate of drug-likeness (QED) is 0.132. The Morgan fingerprint density at radius 2 is 0.842 bits per heavy atom. The Morgan fingerprint density at radius 1 is 0.474 bits per heavy atom. The summed E-state index contributed by atoms with van der Waals surface area (Å²) in [6.45, 7) is 6.75. The predicted molar refractivity (Wildman–Crippen MR) is 171 cm³/mol. The molecule has 0 saturated heterocycles. The number of benzene rings is 1. The van der Waals surface area contributed by atoms with Crippen LogP contribution in [0.3, 0.4) is 0 Å². The van der Waals surface area contributed by atoms with E-state index in [9.17, 15) is 10.2 Å². The monoisotopic (exact) mass is 524 g/mol. The van der Waals surface area contributed by atoms with Crippen molar-refractivity contribution in [3.05, 3.63) is 41.0 Å². The maximum absolute atomic E-state index is 11.2. The molecule has 0 aliphatic heterocycles. The molecule has 0 saturated carbocycles. The second-order valence-corrected chi connectivity index (χ2v) is 11.0. The molecule has 0 heterocycles. The van der Waals surface area contributed by atoms with Crippen LogP contribution < -0.4 is 0 Å². The Kier molecular flexibility index (Phi) is 21.6. The van der Waals surface area contributed by atoms with E-state index >= 15 is 0 Å². The fourth-order valence-corrected chi connectivity index (χ4v) is 4.92. The highest BCUT2D eigenvalue weighted by molar-refractivity contribution is 5.78. The summed E-state index contributed by atoms with van der Waals surface area (Å²) in [6, 6.07) is 1.83. The number of allylic oxidation sites excluding steroid dienone is 3. The smallest absolute Gasteiger partial charge is 0.134 e. The van der Waals surface area contributed by atoms with Crippen molar-refractivity contribution >= 4 is 18.2 Å². The van der Waals surface area contributed by atoms with Crippen LogP contribution in [0.5, 0.6) is 11.5 Å². The second kappa shape index (κ2) is 24.1. The first-order valence-electron chi connectivity index (χ1n) is 16.2. The van der Waals surface area contributed by atoms with Crippen molar-refractivity contribution in [1.82, 2.24) is 0 Å². The van der Waals surface area contributed by atoms with Crippen LogP contribution in [0, 0.1) is 0 Å². The van der Waals surface area contributed by atoms with Gasteiger partial charge in [0.05, 0.1) is 5.56 Å². The Balaban J connectivity index is 2.82. The minimum absolute atomic E-state index is 0.161. The van der Waals surface area contributed by atoms with Crippen LogP contribution in [0.1, 0.15) is 172 Å². The van der Waals surface area contributed by atoms with Crippen LogP contribution >= 0.6 is 0 Å². The molecule has 2 nitrogen and oxygen atoms in total. The first-order valence-corrected chi connectivity index (χ1v) is 16.2. The summed E-state index contributed by atoms with van der Waals surface area (Å²) in [7, 11) is 0. The minimum atomic E-state index is 0.161. The maximum atomic E-state index is 11.2. The molecule has 0 aromatic heterocycles. The Hall–Kier alpha value is -1.96. The molecule has 2 N–H and O–H groups in total. The molecule has 1 aromatic rings. The zero-order chi connectivity index (χ0) is 27.7. The average molecular weight is 525 g/mol. The van der Waals surface area contributed by atoms with Crippen molar-refractivity contribution < 1.29 is 10.2 Å². The lowest BCUT2D eigenvalue weighted by atomic mass is 9.98. The molecule has 38 heavy (non-hydrogen) atoms. The van der Waals surface area contributed by atoms with Gasteiger partial charge in [-0.3, -0.25) is 0 Å². The van der Waals surface area contributed by atoms with Gasteiger partial charge in [0.15, 0.2) is 0 Å². The third-order valence-corrected chi connectivity index (χ3v) is 7.43. The Bertz CT molecular complexity index is 787. The Labute approximate surface area is 236 Å². The van der Waals surface area contributed by atoms with Crippen LogP contribution in [0.25, 0.3) is 18.2 Å². The van der Waals surface area contributed by atoms with Gasteiger partial charge in [-0.25, -0.2) is 0 Å². The number of hydrogen-bond donors (Lipinski definition) is 2. The molecule has 0 spiro atoms. The van der Waals surface area contributed by atoms with Gasteiger partial charge in [-0.1, -0.05) is 154 Å². The SMILES string of the molecule is CCCCCCCC/C=C/c1cc(O)c(/C=C/CCCCCCCC)c(O)c1/C=C/CCCCCCCC. The maximum Gasteiger partial charge on any atom is 0.134 e. The van der Waals surface area contributed by atoms with E-state index in [-0.39, 0.29) is 11.5 Å². The summed E-state index contributed by atoms with van der Waals surface area (Å²) < 4.78 is 0. The number of phenols is 2. The highest BCUT2D eigenvalue weighted by Crippen LogP contribution is 2.37. The van der Waals surface area contributed by atoms with Gasteiger partial charge in [0.25, 0.3) is 0 Å². The zero-order valence-electron chi connectivity index (χ0n) is 25.3. The molecule has 0 amide bonds. The lowest BCUT2D eigenvalue weighted by Gasteiger charge is -2.11. The highest BCUT2D eigenvalue weighted by atomic mass is 16.3. The standard InChI is InChI=1S/C36H60O2/c1-4-7-10-13-16-19-22-25-28-32-31-35(37)34(30-27-24-21-18-15-12-9-6-3)36(38)33(32)29-26-23-20-17-14-11-8-5-2/h25-31,37-38H,4-24H2,1-3H3/b28-25+,29-26+,30-27+. The van der Waals surface area contributed by atoms with E-state index in [4.69, 9.17) is 0 Å². The van der Waals surface area contributed by atoms with Crippen LogP contribution in [-0.2, 0) is 0 Å². The topological polar surface area (TPSA) is 40.5 Å². The van der Waals surface area contributed by atoms with Crippen molar-refractivity contribution in [1.29, 1.82) is 0 Å². The van der Waals surface area contributed by atoms with Crippen LogP contribution in [-0.4, -0.2) is 10.2 Å². The predicted octanol–water partition coefficient (Wildman–Crippen LogP) is 12.4.